The fourth-order valence-electron chi connectivity index (χ4n) is 1.11. The fourth-order valence-corrected chi connectivity index (χ4v) is 1.11. The van der Waals surface area contributed by atoms with E-state index in [4.69, 9.17) is 22.6 Å². The molecule has 0 aliphatic rings. The molecule has 0 bridgehead atoms. The molecule has 100 valence electrons. The molecular weight excluding hydrogens is 255 g/mol. The quantitative estimate of drug-likeness (QED) is 0.271. The summed E-state index contributed by atoms with van der Waals surface area (Å²) in [7, 11) is -4.67. The van der Waals surface area contributed by atoms with Gasteiger partial charge in [-0.25, -0.2) is 0 Å². The number of allylic oxidation sites excluding steroid dienone is 1. The van der Waals surface area contributed by atoms with E-state index in [1.165, 1.54) is 32.1 Å². The van der Waals surface area contributed by atoms with Crippen molar-refractivity contribution in [2.45, 2.75) is 44.9 Å². The predicted molar refractivity (Wildman–Crippen MR) is 70.9 cm³/mol. The molecule has 0 rings (SSSR count). The topological polar surface area (TPSA) is 94.8 Å². The Bertz CT molecular complexity index is 233. The third kappa shape index (κ3) is 47.9. The minimum atomic E-state index is -4.67. The van der Waals surface area contributed by atoms with Gasteiger partial charge in [-0.2, -0.15) is 8.42 Å². The van der Waals surface area contributed by atoms with Crippen molar-refractivity contribution < 1.29 is 22.6 Å². The molecule has 3 N–H and O–H groups in total. The van der Waals surface area contributed by atoms with Gasteiger partial charge in [0.15, 0.2) is 0 Å². The van der Waals surface area contributed by atoms with Gasteiger partial charge in [0, 0.05) is 6.61 Å². The zero-order valence-corrected chi connectivity index (χ0v) is 10.3. The molecule has 7 heteroatoms. The summed E-state index contributed by atoms with van der Waals surface area (Å²) >= 11 is 0. The Hall–Kier alpha value is 0.570. The number of aliphatic hydroxyl groups is 1. The van der Waals surface area contributed by atoms with Crippen LogP contribution in [0.15, 0.2) is 12.7 Å². The summed E-state index contributed by atoms with van der Waals surface area (Å²) in [6, 6.07) is 0. The Kier molecular flexibility index (Phi) is 22.1. The molecule has 0 saturated carbocycles. The SMILES string of the molecule is C=CCCCCCCCCO.O=S(=O)(O)O.[NaH]. The van der Waals surface area contributed by atoms with E-state index in [1.807, 2.05) is 6.08 Å². The first-order valence-corrected chi connectivity index (χ1v) is 6.73. The van der Waals surface area contributed by atoms with Crippen LogP contribution in [0.4, 0.5) is 0 Å². The number of aliphatic hydroxyl groups excluding tert-OH is 1. The van der Waals surface area contributed by atoms with Gasteiger partial charge in [-0.15, -0.1) is 6.58 Å². The van der Waals surface area contributed by atoms with Gasteiger partial charge in [-0.3, -0.25) is 9.11 Å². The Morgan fingerprint density at radius 2 is 1.29 bits per heavy atom. The molecule has 0 aliphatic heterocycles. The summed E-state index contributed by atoms with van der Waals surface area (Å²) in [4.78, 5) is 0. The van der Waals surface area contributed by atoms with Crippen LogP contribution in [0.2, 0.25) is 0 Å². The number of hydrogen-bond acceptors (Lipinski definition) is 3. The van der Waals surface area contributed by atoms with Crippen LogP contribution < -0.4 is 0 Å². The van der Waals surface area contributed by atoms with Crippen LogP contribution >= 0.6 is 0 Å². The van der Waals surface area contributed by atoms with E-state index in [0.29, 0.717) is 6.61 Å². The van der Waals surface area contributed by atoms with E-state index in [9.17, 15) is 0 Å². The van der Waals surface area contributed by atoms with Gasteiger partial charge < -0.3 is 5.11 Å². The summed E-state index contributed by atoms with van der Waals surface area (Å²) in [6.45, 7) is 4.03. The molecule has 0 aliphatic carbocycles. The van der Waals surface area contributed by atoms with E-state index in [0.717, 1.165) is 12.8 Å². The second-order valence-electron chi connectivity index (χ2n) is 3.37. The molecule has 0 aromatic carbocycles. The first kappa shape index (κ1) is 22.7. The predicted octanol–water partition coefficient (Wildman–Crippen LogP) is 1.59. The van der Waals surface area contributed by atoms with Crippen molar-refractivity contribution in [3.05, 3.63) is 12.7 Å². The summed E-state index contributed by atoms with van der Waals surface area (Å²) in [5, 5.41) is 8.49. The molecule has 0 heterocycles. The zero-order valence-electron chi connectivity index (χ0n) is 9.51. The summed E-state index contributed by atoms with van der Waals surface area (Å²) < 4.78 is 31.6. The van der Waals surface area contributed by atoms with Crippen molar-refractivity contribution in [2.75, 3.05) is 6.61 Å². The molecule has 5 nitrogen and oxygen atoms in total. The van der Waals surface area contributed by atoms with Crippen LogP contribution in [0.1, 0.15) is 44.9 Å². The molecule has 0 fully saturated rings. The van der Waals surface area contributed by atoms with Crippen LogP contribution in [-0.4, -0.2) is 58.8 Å². The molecule has 0 saturated heterocycles. The van der Waals surface area contributed by atoms with E-state index < -0.39 is 10.4 Å². The van der Waals surface area contributed by atoms with Gasteiger partial charge in [-0.1, -0.05) is 31.8 Å². The molecule has 0 atom stereocenters. The minimum absolute atomic E-state index is 0. The molecule has 0 aromatic rings. The molecular formula is C10H23NaO5S. The molecule has 0 unspecified atom stereocenters. The van der Waals surface area contributed by atoms with Gasteiger partial charge in [0.05, 0.1) is 0 Å². The maximum absolute atomic E-state index is 8.74. The van der Waals surface area contributed by atoms with E-state index in [-0.39, 0.29) is 29.6 Å². The van der Waals surface area contributed by atoms with Gasteiger partial charge >= 0.3 is 40.0 Å². The standard InChI is InChI=1S/C10H20O.Na.H2O4S.H/c1-2-3-4-5-6-7-8-9-10-11;;1-5(2,3)4;/h2,11H,1,3-10H2;;(H2,1,2,3,4);. The van der Waals surface area contributed by atoms with Crippen molar-refractivity contribution in [1.29, 1.82) is 0 Å². The Morgan fingerprint density at radius 1 is 0.941 bits per heavy atom. The molecule has 0 aromatic heterocycles. The van der Waals surface area contributed by atoms with Crippen LogP contribution in [0, 0.1) is 0 Å². The van der Waals surface area contributed by atoms with Gasteiger partial charge in [0.1, 0.15) is 0 Å². The average molecular weight is 278 g/mol. The molecule has 0 amide bonds. The van der Waals surface area contributed by atoms with Crippen LogP contribution in [0.3, 0.4) is 0 Å². The number of unbranched alkanes of at least 4 members (excludes halogenated alkanes) is 6. The monoisotopic (exact) mass is 278 g/mol. The third-order valence-electron chi connectivity index (χ3n) is 1.82. The van der Waals surface area contributed by atoms with Gasteiger partial charge in [-0.05, 0) is 19.3 Å². The summed E-state index contributed by atoms with van der Waals surface area (Å²) in [5.74, 6) is 0. The van der Waals surface area contributed by atoms with Gasteiger partial charge in [0.25, 0.3) is 0 Å². The van der Waals surface area contributed by atoms with Crippen LogP contribution in [0.25, 0.3) is 0 Å². The Balaban J connectivity index is -0.000000280. The Morgan fingerprint density at radius 3 is 1.65 bits per heavy atom. The van der Waals surface area contributed by atoms with Crippen molar-refractivity contribution in [2.24, 2.45) is 0 Å². The second kappa shape index (κ2) is 16.6. The van der Waals surface area contributed by atoms with E-state index in [2.05, 4.69) is 6.58 Å². The normalized spacial score (nSPS) is 9.82. The molecule has 17 heavy (non-hydrogen) atoms. The van der Waals surface area contributed by atoms with Crippen molar-refractivity contribution in [3.63, 3.8) is 0 Å². The van der Waals surface area contributed by atoms with E-state index >= 15 is 0 Å². The zero-order chi connectivity index (χ0) is 12.9. The van der Waals surface area contributed by atoms with Crippen LogP contribution in [0.5, 0.6) is 0 Å². The van der Waals surface area contributed by atoms with Crippen molar-refractivity contribution >= 4 is 40.0 Å². The summed E-state index contributed by atoms with van der Waals surface area (Å²) in [5.41, 5.74) is 0. The third-order valence-corrected chi connectivity index (χ3v) is 1.82. The van der Waals surface area contributed by atoms with E-state index in [1.54, 1.807) is 0 Å². The molecule has 0 spiro atoms. The fraction of sp³-hybridized carbons (Fsp3) is 0.800. The average Bonchev–Trinajstić information content (AvgIpc) is 2.14. The number of hydrogen-bond donors (Lipinski definition) is 3. The van der Waals surface area contributed by atoms with Crippen molar-refractivity contribution in [1.82, 2.24) is 0 Å². The first-order valence-electron chi connectivity index (χ1n) is 5.33. The van der Waals surface area contributed by atoms with Crippen LogP contribution in [-0.2, 0) is 10.4 Å². The maximum atomic E-state index is 8.74. The second-order valence-corrected chi connectivity index (χ2v) is 4.27. The Labute approximate surface area is 126 Å². The van der Waals surface area contributed by atoms with Gasteiger partial charge in [0.2, 0.25) is 0 Å². The molecule has 0 radical (unpaired) electrons. The first-order chi connectivity index (χ1) is 7.41. The van der Waals surface area contributed by atoms with Crippen molar-refractivity contribution in [3.8, 4) is 0 Å². The number of rotatable bonds is 8. The summed E-state index contributed by atoms with van der Waals surface area (Å²) in [6.07, 6.45) is 10.5.